The molecule has 1 aliphatic heterocycles. The van der Waals surface area contributed by atoms with E-state index in [0.29, 0.717) is 18.7 Å². The van der Waals surface area contributed by atoms with Gasteiger partial charge in [-0.2, -0.15) is 0 Å². The van der Waals surface area contributed by atoms with Crippen molar-refractivity contribution in [3.05, 3.63) is 24.3 Å². The molecule has 2 rings (SSSR count). The fraction of sp³-hybridized carbons (Fsp3) is 0.500. The lowest BCUT2D eigenvalue weighted by Crippen LogP contribution is -2.37. The van der Waals surface area contributed by atoms with E-state index in [1.165, 1.54) is 0 Å². The number of rotatable bonds is 4. The summed E-state index contributed by atoms with van der Waals surface area (Å²) >= 11 is 0. The highest BCUT2D eigenvalue weighted by atomic mass is 16.2. The molecule has 130 valence electrons. The molecule has 0 radical (unpaired) electrons. The van der Waals surface area contributed by atoms with Crippen molar-refractivity contribution >= 4 is 29.1 Å². The highest BCUT2D eigenvalue weighted by Crippen LogP contribution is 2.22. The van der Waals surface area contributed by atoms with E-state index in [1.807, 2.05) is 13.8 Å². The van der Waals surface area contributed by atoms with Crippen LogP contribution in [0.25, 0.3) is 0 Å². The molecule has 3 amide bonds. The zero-order valence-electron chi connectivity index (χ0n) is 14.3. The highest BCUT2D eigenvalue weighted by molar-refractivity contribution is 6.39. The van der Waals surface area contributed by atoms with Gasteiger partial charge >= 0.3 is 11.8 Å². The number of anilines is 2. The summed E-state index contributed by atoms with van der Waals surface area (Å²) in [7, 11) is 0. The Bertz CT molecular complexity index is 596. The van der Waals surface area contributed by atoms with E-state index < -0.39 is 11.8 Å². The van der Waals surface area contributed by atoms with Crippen LogP contribution in [0.5, 0.6) is 0 Å². The molecule has 1 aromatic rings. The number of amides is 3. The smallest absolute Gasteiger partial charge is 0.313 e. The molecule has 2 N–H and O–H groups in total. The molecule has 1 saturated heterocycles. The Hall–Kier alpha value is -2.37. The SMILES string of the molecule is CC(C)CNC(=O)C(=O)Nc1ccc(N2CCCCCC2=O)cc1. The number of nitrogens with one attached hydrogen (secondary N) is 2. The monoisotopic (exact) mass is 331 g/mol. The van der Waals surface area contributed by atoms with Crippen molar-refractivity contribution < 1.29 is 14.4 Å². The predicted molar refractivity (Wildman–Crippen MR) is 93.7 cm³/mol. The molecule has 0 unspecified atom stereocenters. The van der Waals surface area contributed by atoms with Crippen LogP contribution < -0.4 is 15.5 Å². The average Bonchev–Trinajstić information content (AvgIpc) is 2.77. The van der Waals surface area contributed by atoms with Crippen LogP contribution >= 0.6 is 0 Å². The molecule has 6 heteroatoms. The number of carbonyl (C=O) groups is 3. The highest BCUT2D eigenvalue weighted by Gasteiger charge is 2.18. The van der Waals surface area contributed by atoms with E-state index >= 15 is 0 Å². The van der Waals surface area contributed by atoms with E-state index in [4.69, 9.17) is 0 Å². The molecular formula is C18H25N3O3. The molecule has 0 aliphatic carbocycles. The van der Waals surface area contributed by atoms with Gasteiger partial charge in [0.1, 0.15) is 0 Å². The van der Waals surface area contributed by atoms with Crippen LogP contribution in [0.3, 0.4) is 0 Å². The van der Waals surface area contributed by atoms with Gasteiger partial charge in [0.2, 0.25) is 5.91 Å². The van der Waals surface area contributed by atoms with Crippen molar-refractivity contribution in [1.29, 1.82) is 0 Å². The van der Waals surface area contributed by atoms with E-state index in [-0.39, 0.29) is 11.8 Å². The van der Waals surface area contributed by atoms with Crippen LogP contribution in [-0.4, -0.2) is 30.8 Å². The zero-order valence-corrected chi connectivity index (χ0v) is 14.3. The predicted octanol–water partition coefficient (Wildman–Crippen LogP) is 2.30. The van der Waals surface area contributed by atoms with Crippen LogP contribution in [0, 0.1) is 5.92 Å². The Balaban J connectivity index is 1.95. The lowest BCUT2D eigenvalue weighted by Gasteiger charge is -2.20. The van der Waals surface area contributed by atoms with E-state index in [1.54, 1.807) is 29.2 Å². The molecule has 1 heterocycles. The summed E-state index contributed by atoms with van der Waals surface area (Å²) in [6.07, 6.45) is 3.59. The van der Waals surface area contributed by atoms with E-state index in [9.17, 15) is 14.4 Å². The summed E-state index contributed by atoms with van der Waals surface area (Å²) < 4.78 is 0. The fourth-order valence-corrected chi connectivity index (χ4v) is 2.55. The van der Waals surface area contributed by atoms with Crippen LogP contribution in [0.1, 0.15) is 39.5 Å². The minimum absolute atomic E-state index is 0.136. The third-order valence-electron chi connectivity index (χ3n) is 3.89. The van der Waals surface area contributed by atoms with Gasteiger partial charge in [-0.1, -0.05) is 20.3 Å². The van der Waals surface area contributed by atoms with Crippen molar-refractivity contribution in [3.8, 4) is 0 Å². The molecule has 0 bridgehead atoms. The second kappa shape index (κ2) is 8.47. The summed E-state index contributed by atoms with van der Waals surface area (Å²) in [5.41, 5.74) is 1.36. The third-order valence-corrected chi connectivity index (χ3v) is 3.89. The summed E-state index contributed by atoms with van der Waals surface area (Å²) in [4.78, 5) is 37.4. The first-order chi connectivity index (χ1) is 11.5. The van der Waals surface area contributed by atoms with Crippen molar-refractivity contribution in [2.45, 2.75) is 39.5 Å². The molecule has 1 fully saturated rings. The Labute approximate surface area is 142 Å². The Morgan fingerprint density at radius 2 is 1.79 bits per heavy atom. The van der Waals surface area contributed by atoms with Gasteiger partial charge in [0.15, 0.2) is 0 Å². The summed E-state index contributed by atoms with van der Waals surface area (Å²) in [5.74, 6) is -0.908. The average molecular weight is 331 g/mol. The maximum atomic E-state index is 12.1. The summed E-state index contributed by atoms with van der Waals surface area (Å²) in [6, 6.07) is 7.01. The first-order valence-electron chi connectivity index (χ1n) is 8.47. The van der Waals surface area contributed by atoms with Crippen LogP contribution in [0.4, 0.5) is 11.4 Å². The minimum Gasteiger partial charge on any atom is -0.348 e. The van der Waals surface area contributed by atoms with Crippen molar-refractivity contribution in [2.24, 2.45) is 5.92 Å². The van der Waals surface area contributed by atoms with Gasteiger partial charge in [0.05, 0.1) is 0 Å². The van der Waals surface area contributed by atoms with Crippen molar-refractivity contribution in [2.75, 3.05) is 23.3 Å². The molecule has 1 aliphatic rings. The molecule has 0 aromatic heterocycles. The topological polar surface area (TPSA) is 78.5 Å². The lowest BCUT2D eigenvalue weighted by atomic mass is 10.2. The lowest BCUT2D eigenvalue weighted by molar-refractivity contribution is -0.136. The molecule has 0 atom stereocenters. The minimum atomic E-state index is -0.686. The van der Waals surface area contributed by atoms with Gasteiger partial charge in [-0.3, -0.25) is 14.4 Å². The maximum Gasteiger partial charge on any atom is 0.313 e. The number of hydrogen-bond donors (Lipinski definition) is 2. The second-order valence-electron chi connectivity index (χ2n) is 6.46. The number of carbonyl (C=O) groups excluding carboxylic acids is 3. The fourth-order valence-electron chi connectivity index (χ4n) is 2.55. The maximum absolute atomic E-state index is 12.1. The van der Waals surface area contributed by atoms with Gasteiger partial charge in [-0.15, -0.1) is 0 Å². The number of benzene rings is 1. The van der Waals surface area contributed by atoms with Crippen molar-refractivity contribution in [3.63, 3.8) is 0 Å². The quantitative estimate of drug-likeness (QED) is 0.831. The largest absolute Gasteiger partial charge is 0.348 e. The molecule has 0 saturated carbocycles. The van der Waals surface area contributed by atoms with Crippen molar-refractivity contribution in [1.82, 2.24) is 5.32 Å². The summed E-state index contributed by atoms with van der Waals surface area (Å²) in [6.45, 7) is 5.10. The van der Waals surface area contributed by atoms with Gasteiger partial charge < -0.3 is 15.5 Å². The molecule has 24 heavy (non-hydrogen) atoms. The van der Waals surface area contributed by atoms with E-state index in [2.05, 4.69) is 10.6 Å². The molecular weight excluding hydrogens is 306 g/mol. The standard InChI is InChI=1S/C18H25N3O3/c1-13(2)12-19-17(23)18(24)20-14-7-9-15(10-8-14)21-11-5-3-4-6-16(21)22/h7-10,13H,3-6,11-12H2,1-2H3,(H,19,23)(H,20,24). The Morgan fingerprint density at radius 3 is 2.46 bits per heavy atom. The molecule has 6 nitrogen and oxygen atoms in total. The van der Waals surface area contributed by atoms with Crippen LogP contribution in [-0.2, 0) is 14.4 Å². The van der Waals surface area contributed by atoms with Gasteiger partial charge in [0, 0.05) is 30.9 Å². The molecule has 0 spiro atoms. The van der Waals surface area contributed by atoms with Crippen LogP contribution in [0.15, 0.2) is 24.3 Å². The molecule has 1 aromatic carbocycles. The van der Waals surface area contributed by atoms with Gasteiger partial charge in [0.25, 0.3) is 0 Å². The Morgan fingerprint density at radius 1 is 1.08 bits per heavy atom. The van der Waals surface area contributed by atoms with Gasteiger partial charge in [-0.25, -0.2) is 0 Å². The number of hydrogen-bond acceptors (Lipinski definition) is 3. The van der Waals surface area contributed by atoms with E-state index in [0.717, 1.165) is 31.5 Å². The van der Waals surface area contributed by atoms with Crippen LogP contribution in [0.2, 0.25) is 0 Å². The second-order valence-corrected chi connectivity index (χ2v) is 6.46. The first-order valence-corrected chi connectivity index (χ1v) is 8.47. The third kappa shape index (κ3) is 5.08. The normalized spacial score (nSPS) is 15.1. The first kappa shape index (κ1) is 18.0. The summed E-state index contributed by atoms with van der Waals surface area (Å²) in [5, 5.41) is 5.14. The zero-order chi connectivity index (χ0) is 17.5. The Kier molecular flexibility index (Phi) is 6.35. The number of nitrogens with zero attached hydrogens (tertiary/aromatic N) is 1. The van der Waals surface area contributed by atoms with Gasteiger partial charge in [-0.05, 0) is 43.0 Å².